The van der Waals surface area contributed by atoms with Crippen molar-refractivity contribution in [2.45, 2.75) is 86.5 Å². The topological polar surface area (TPSA) is 84.9 Å². The summed E-state index contributed by atoms with van der Waals surface area (Å²) >= 11 is 6.98. The van der Waals surface area contributed by atoms with Crippen molar-refractivity contribution in [3.63, 3.8) is 0 Å². The number of rotatable bonds is 10. The lowest BCUT2D eigenvalue weighted by molar-refractivity contribution is -0.120. The number of ketones is 2. The van der Waals surface area contributed by atoms with Crippen molar-refractivity contribution in [1.29, 1.82) is 0 Å². The Kier molecular flexibility index (Phi) is 10.2. The maximum atomic E-state index is 14.3. The average Bonchev–Trinajstić information content (AvgIpc) is 3.04. The number of amides is 1. The predicted molar refractivity (Wildman–Crippen MR) is 202 cm³/mol. The number of carbonyl (C=O) groups excluding carboxylic acids is 3. The fourth-order valence-electron chi connectivity index (χ4n) is 7.85. The highest BCUT2D eigenvalue weighted by Crippen LogP contribution is 2.55. The average molecular weight is 709 g/mol. The number of hydrogen-bond donors (Lipinski definition) is 1. The van der Waals surface area contributed by atoms with Crippen molar-refractivity contribution in [2.24, 2.45) is 10.8 Å². The lowest BCUT2D eigenvalue weighted by Gasteiger charge is -2.49. The van der Waals surface area contributed by atoms with Crippen LogP contribution in [0.1, 0.15) is 88.5 Å². The number of carbonyl (C=O) groups is 3. The zero-order chi connectivity index (χ0) is 36.7. The summed E-state index contributed by atoms with van der Waals surface area (Å²) in [4.78, 5) is 43.9. The molecule has 2 aliphatic carbocycles. The summed E-state index contributed by atoms with van der Waals surface area (Å²) < 4.78 is 12.1. The predicted octanol–water partition coefficient (Wildman–Crippen LogP) is 9.30. The number of nitrogens with zero attached hydrogens (tertiary/aromatic N) is 1. The maximum absolute atomic E-state index is 14.3. The highest BCUT2D eigenvalue weighted by molar-refractivity contribution is 6.32. The van der Waals surface area contributed by atoms with E-state index >= 15 is 0 Å². The van der Waals surface area contributed by atoms with Crippen molar-refractivity contribution in [3.8, 4) is 11.5 Å². The van der Waals surface area contributed by atoms with Gasteiger partial charge in [-0.3, -0.25) is 14.4 Å². The fourth-order valence-corrected chi connectivity index (χ4v) is 8.12. The largest absolute Gasteiger partial charge is 0.490 e. The molecule has 0 saturated heterocycles. The molecule has 3 aliphatic rings. The van der Waals surface area contributed by atoms with Gasteiger partial charge >= 0.3 is 0 Å². The van der Waals surface area contributed by atoms with E-state index in [9.17, 15) is 14.4 Å². The number of ether oxygens (including phenoxy) is 2. The molecule has 0 radical (unpaired) electrons. The standard InChI is InChI=1S/C43H49ClN2O5/c1-8-50-36-20-29(19-31(44)41(36)51-25-37(49)45-30-15-14-26(2)27(3)18-30)38-39-32(21-42(4,5)23-34(39)47)46(17-16-28-12-10-9-11-13-28)33-22-43(6,7)24-35(48)40(33)38/h9-15,18-20,38H,8,16-17,21-25H2,1-7H3,(H,45,49). The van der Waals surface area contributed by atoms with Gasteiger partial charge < -0.3 is 19.7 Å². The molecule has 8 heteroatoms. The molecule has 1 heterocycles. The second-order valence-corrected chi connectivity index (χ2v) is 16.2. The number of aryl methyl sites for hydroxylation is 2. The minimum absolute atomic E-state index is 0.0533. The van der Waals surface area contributed by atoms with Crippen molar-refractivity contribution >= 4 is 34.8 Å². The van der Waals surface area contributed by atoms with Gasteiger partial charge in [-0.2, -0.15) is 0 Å². The van der Waals surface area contributed by atoms with E-state index in [0.29, 0.717) is 67.0 Å². The summed E-state index contributed by atoms with van der Waals surface area (Å²) in [5, 5.41) is 3.13. The summed E-state index contributed by atoms with van der Waals surface area (Å²) in [6.07, 6.45) is 2.99. The minimum Gasteiger partial charge on any atom is -0.490 e. The van der Waals surface area contributed by atoms with Crippen LogP contribution >= 0.6 is 11.6 Å². The monoisotopic (exact) mass is 708 g/mol. The molecule has 1 aliphatic heterocycles. The van der Waals surface area contributed by atoms with E-state index in [0.717, 1.165) is 28.9 Å². The van der Waals surface area contributed by atoms with E-state index in [1.54, 1.807) is 6.07 Å². The molecule has 6 rings (SSSR count). The summed E-state index contributed by atoms with van der Waals surface area (Å²) in [7, 11) is 0. The quantitative estimate of drug-likeness (QED) is 0.226. The Morgan fingerprint density at radius 2 is 1.47 bits per heavy atom. The molecule has 3 aromatic rings. The molecule has 0 saturated carbocycles. The molecule has 0 fully saturated rings. The SMILES string of the molecule is CCOc1cc(C2C3=C(CC(C)(C)CC3=O)N(CCc3ccccc3)C3=C2C(=O)CC(C)(C)C3)cc(Cl)c1OCC(=O)Nc1ccc(C)c(C)c1. The number of Topliss-reactive ketones (excluding diaryl/α,β-unsaturated/α-hetero) is 2. The van der Waals surface area contributed by atoms with E-state index in [2.05, 4.69) is 50.0 Å². The zero-order valence-corrected chi connectivity index (χ0v) is 31.6. The molecular formula is C43H49ClN2O5. The number of allylic oxidation sites excluding steroid dienone is 4. The Hall–Kier alpha value is -4.36. The number of benzene rings is 3. The van der Waals surface area contributed by atoms with Crippen LogP contribution in [0.4, 0.5) is 5.69 Å². The van der Waals surface area contributed by atoms with Crippen LogP contribution < -0.4 is 14.8 Å². The normalized spacial score (nSPS) is 18.4. The first kappa shape index (κ1) is 36.4. The van der Waals surface area contributed by atoms with Gasteiger partial charge in [-0.05, 0) is 97.4 Å². The van der Waals surface area contributed by atoms with E-state index in [-0.39, 0.29) is 45.7 Å². The fraction of sp³-hybridized carbons (Fsp3) is 0.419. The van der Waals surface area contributed by atoms with E-state index in [1.807, 2.05) is 63.2 Å². The van der Waals surface area contributed by atoms with Gasteiger partial charge in [0.15, 0.2) is 29.7 Å². The van der Waals surface area contributed by atoms with Crippen molar-refractivity contribution in [3.05, 3.63) is 110 Å². The van der Waals surface area contributed by atoms with Crippen LogP contribution in [0.2, 0.25) is 5.02 Å². The number of halogens is 1. The summed E-state index contributed by atoms with van der Waals surface area (Å²) in [5.74, 6) is -0.210. The lowest BCUT2D eigenvalue weighted by Crippen LogP contribution is -2.45. The van der Waals surface area contributed by atoms with Crippen LogP contribution in [-0.2, 0) is 20.8 Å². The van der Waals surface area contributed by atoms with Gasteiger partial charge in [-0.15, -0.1) is 0 Å². The second kappa shape index (κ2) is 14.3. The molecule has 0 spiro atoms. The van der Waals surface area contributed by atoms with E-state index in [4.69, 9.17) is 21.1 Å². The third-order valence-corrected chi connectivity index (χ3v) is 10.6. The molecule has 3 aromatic carbocycles. The Morgan fingerprint density at radius 1 is 0.843 bits per heavy atom. The first-order valence-electron chi connectivity index (χ1n) is 18.0. The van der Waals surface area contributed by atoms with Gasteiger partial charge in [0.05, 0.1) is 11.6 Å². The first-order chi connectivity index (χ1) is 24.2. The molecule has 51 heavy (non-hydrogen) atoms. The summed E-state index contributed by atoms with van der Waals surface area (Å²) in [6, 6.07) is 19.7. The summed E-state index contributed by atoms with van der Waals surface area (Å²) in [5.41, 5.74) is 7.69. The Morgan fingerprint density at radius 3 is 2.06 bits per heavy atom. The molecule has 0 atom stereocenters. The molecule has 7 nitrogen and oxygen atoms in total. The number of anilines is 1. The summed E-state index contributed by atoms with van der Waals surface area (Å²) in [6.45, 7) is 15.2. The van der Waals surface area contributed by atoms with Crippen LogP contribution in [-0.4, -0.2) is 42.1 Å². The van der Waals surface area contributed by atoms with Gasteiger partial charge in [-0.1, -0.05) is 75.7 Å². The third kappa shape index (κ3) is 7.79. The van der Waals surface area contributed by atoms with Crippen molar-refractivity contribution in [1.82, 2.24) is 4.90 Å². The van der Waals surface area contributed by atoms with Crippen molar-refractivity contribution in [2.75, 3.05) is 25.1 Å². The Balaban J connectivity index is 1.41. The second-order valence-electron chi connectivity index (χ2n) is 15.8. The van der Waals surface area contributed by atoms with Crippen LogP contribution in [0.5, 0.6) is 11.5 Å². The van der Waals surface area contributed by atoms with E-state index in [1.165, 1.54) is 5.56 Å². The highest BCUT2D eigenvalue weighted by atomic mass is 35.5. The molecule has 0 bridgehead atoms. The first-order valence-corrected chi connectivity index (χ1v) is 18.3. The highest BCUT2D eigenvalue weighted by Gasteiger charge is 2.49. The zero-order valence-electron chi connectivity index (χ0n) is 30.9. The Labute approximate surface area is 307 Å². The van der Waals surface area contributed by atoms with Crippen LogP contribution in [0, 0.1) is 24.7 Å². The molecule has 1 N–H and O–H groups in total. The van der Waals surface area contributed by atoms with Crippen LogP contribution in [0.25, 0.3) is 0 Å². The van der Waals surface area contributed by atoms with Crippen molar-refractivity contribution < 1.29 is 23.9 Å². The maximum Gasteiger partial charge on any atom is 0.262 e. The molecule has 0 unspecified atom stereocenters. The van der Waals surface area contributed by atoms with Gasteiger partial charge in [-0.25, -0.2) is 0 Å². The Bertz CT molecular complexity index is 1890. The van der Waals surface area contributed by atoms with Gasteiger partial charge in [0.1, 0.15) is 0 Å². The van der Waals surface area contributed by atoms with Gasteiger partial charge in [0.2, 0.25) is 0 Å². The molecule has 268 valence electrons. The number of hydrogen-bond acceptors (Lipinski definition) is 6. The molecule has 0 aromatic heterocycles. The van der Waals surface area contributed by atoms with Crippen LogP contribution in [0.15, 0.2) is 83.2 Å². The third-order valence-electron chi connectivity index (χ3n) is 10.3. The number of nitrogens with one attached hydrogen (secondary N) is 1. The molecule has 1 amide bonds. The van der Waals surface area contributed by atoms with Crippen LogP contribution in [0.3, 0.4) is 0 Å². The molecular weight excluding hydrogens is 660 g/mol. The smallest absolute Gasteiger partial charge is 0.262 e. The van der Waals surface area contributed by atoms with E-state index < -0.39 is 5.92 Å². The minimum atomic E-state index is -0.589. The lowest BCUT2D eigenvalue weighted by atomic mass is 9.63. The van der Waals surface area contributed by atoms with Gasteiger partial charge in [0, 0.05) is 53.5 Å². The van der Waals surface area contributed by atoms with Gasteiger partial charge in [0.25, 0.3) is 5.91 Å².